The van der Waals surface area contributed by atoms with Crippen LogP contribution in [0.4, 0.5) is 0 Å². The number of hydrogen-bond donors (Lipinski definition) is 2. The molecule has 1 saturated carbocycles. The van der Waals surface area contributed by atoms with E-state index in [4.69, 9.17) is 11.5 Å². The Kier molecular flexibility index (Phi) is 5.48. The molecule has 0 bridgehead atoms. The monoisotopic (exact) mass is 265 g/mol. The molecular weight excluding hydrogens is 234 g/mol. The van der Waals surface area contributed by atoms with E-state index in [9.17, 15) is 0 Å². The molecule has 0 spiro atoms. The molecule has 1 rings (SSSR count). The summed E-state index contributed by atoms with van der Waals surface area (Å²) in [6.45, 7) is 13.8. The minimum Gasteiger partial charge on any atom is -0.402 e. The third kappa shape index (κ3) is 4.00. The standard InChI is InChI=1S/C16H31N3/c1-6-15(17)12(3)13(4)19(7-2)14-8-10-16(5,18)11-9-14/h14H,4,6-11,17-18H2,1-3,5H3/b15-12+. The predicted octanol–water partition coefficient (Wildman–Crippen LogP) is 3.12. The van der Waals surface area contributed by atoms with E-state index < -0.39 is 0 Å². The first kappa shape index (κ1) is 16.1. The Balaban J connectivity index is 2.77. The van der Waals surface area contributed by atoms with Gasteiger partial charge < -0.3 is 16.4 Å². The lowest BCUT2D eigenvalue weighted by Gasteiger charge is -2.41. The fourth-order valence-corrected chi connectivity index (χ4v) is 2.91. The lowest BCUT2D eigenvalue weighted by Crippen LogP contribution is -2.46. The Labute approximate surface area is 118 Å². The van der Waals surface area contributed by atoms with E-state index in [0.717, 1.165) is 55.6 Å². The average Bonchev–Trinajstić information content (AvgIpc) is 2.39. The molecule has 0 aromatic rings. The maximum atomic E-state index is 6.22. The lowest BCUT2D eigenvalue weighted by atomic mass is 9.81. The van der Waals surface area contributed by atoms with Crippen LogP contribution in [0.2, 0.25) is 0 Å². The Bertz CT molecular complexity index is 345. The quantitative estimate of drug-likeness (QED) is 0.751. The highest BCUT2D eigenvalue weighted by Crippen LogP contribution is 2.31. The molecule has 19 heavy (non-hydrogen) atoms. The number of likely N-dealkylation sites (N-methyl/N-ethyl adjacent to an activating group) is 1. The molecule has 1 fully saturated rings. The smallest absolute Gasteiger partial charge is 0.0342 e. The van der Waals surface area contributed by atoms with Crippen LogP contribution in [0, 0.1) is 0 Å². The first-order valence-electron chi connectivity index (χ1n) is 7.52. The van der Waals surface area contributed by atoms with Crippen molar-refractivity contribution >= 4 is 0 Å². The van der Waals surface area contributed by atoms with Crippen LogP contribution in [0.5, 0.6) is 0 Å². The van der Waals surface area contributed by atoms with Crippen molar-refractivity contribution in [3.8, 4) is 0 Å². The van der Waals surface area contributed by atoms with Crippen molar-refractivity contribution in [1.82, 2.24) is 4.90 Å². The summed E-state index contributed by atoms with van der Waals surface area (Å²) in [5.74, 6) is 0. The van der Waals surface area contributed by atoms with Gasteiger partial charge in [0, 0.05) is 29.5 Å². The third-order valence-corrected chi connectivity index (χ3v) is 4.52. The van der Waals surface area contributed by atoms with E-state index in [2.05, 4.69) is 39.2 Å². The third-order valence-electron chi connectivity index (χ3n) is 4.52. The van der Waals surface area contributed by atoms with E-state index in [1.54, 1.807) is 0 Å². The lowest BCUT2D eigenvalue weighted by molar-refractivity contribution is 0.171. The number of allylic oxidation sites excluding steroid dienone is 2. The zero-order valence-electron chi connectivity index (χ0n) is 13.1. The highest BCUT2D eigenvalue weighted by atomic mass is 15.2. The highest BCUT2D eigenvalue weighted by Gasteiger charge is 2.30. The second kappa shape index (κ2) is 6.47. The summed E-state index contributed by atoms with van der Waals surface area (Å²) >= 11 is 0. The van der Waals surface area contributed by atoms with E-state index in [0.29, 0.717) is 6.04 Å². The fraction of sp³-hybridized carbons (Fsp3) is 0.750. The van der Waals surface area contributed by atoms with Gasteiger partial charge in [-0.1, -0.05) is 13.5 Å². The van der Waals surface area contributed by atoms with Gasteiger partial charge in [-0.25, -0.2) is 0 Å². The SMILES string of the molecule is C=C(/C(C)=C(/N)CC)N(CC)C1CCC(C)(N)CC1. The van der Waals surface area contributed by atoms with Crippen molar-refractivity contribution in [3.63, 3.8) is 0 Å². The minimum absolute atomic E-state index is 0.0184. The van der Waals surface area contributed by atoms with Gasteiger partial charge in [0.25, 0.3) is 0 Å². The fourth-order valence-electron chi connectivity index (χ4n) is 2.91. The molecule has 4 N–H and O–H groups in total. The second-order valence-corrected chi connectivity index (χ2v) is 6.12. The predicted molar refractivity (Wildman–Crippen MR) is 83.5 cm³/mol. The number of nitrogens with two attached hydrogens (primary N) is 2. The largest absolute Gasteiger partial charge is 0.402 e. The van der Waals surface area contributed by atoms with E-state index in [1.165, 1.54) is 0 Å². The molecule has 0 aromatic carbocycles. The maximum absolute atomic E-state index is 6.22. The van der Waals surface area contributed by atoms with Gasteiger partial charge >= 0.3 is 0 Å². The van der Waals surface area contributed by atoms with Gasteiger partial charge in [0.1, 0.15) is 0 Å². The second-order valence-electron chi connectivity index (χ2n) is 6.12. The molecule has 1 aliphatic rings. The Morgan fingerprint density at radius 3 is 2.26 bits per heavy atom. The van der Waals surface area contributed by atoms with Gasteiger partial charge in [0.15, 0.2) is 0 Å². The first-order chi connectivity index (χ1) is 8.82. The van der Waals surface area contributed by atoms with Crippen LogP contribution in [0.3, 0.4) is 0 Å². The molecule has 0 atom stereocenters. The van der Waals surface area contributed by atoms with Crippen LogP contribution in [0.25, 0.3) is 0 Å². The van der Waals surface area contributed by atoms with E-state index in [-0.39, 0.29) is 5.54 Å². The van der Waals surface area contributed by atoms with Crippen LogP contribution in [0.1, 0.15) is 59.8 Å². The highest BCUT2D eigenvalue weighted by molar-refractivity contribution is 5.29. The van der Waals surface area contributed by atoms with Crippen molar-refractivity contribution in [2.24, 2.45) is 11.5 Å². The summed E-state index contributed by atoms with van der Waals surface area (Å²) in [5, 5.41) is 0. The van der Waals surface area contributed by atoms with Crippen molar-refractivity contribution in [1.29, 1.82) is 0 Å². The molecule has 0 radical (unpaired) electrons. The summed E-state index contributed by atoms with van der Waals surface area (Å²) < 4.78 is 0. The summed E-state index contributed by atoms with van der Waals surface area (Å²) in [5.41, 5.74) is 15.5. The van der Waals surface area contributed by atoms with Crippen molar-refractivity contribution in [3.05, 3.63) is 23.5 Å². The van der Waals surface area contributed by atoms with Gasteiger partial charge in [0.2, 0.25) is 0 Å². The molecule has 3 heteroatoms. The van der Waals surface area contributed by atoms with Gasteiger partial charge in [-0.3, -0.25) is 0 Å². The van der Waals surface area contributed by atoms with Crippen molar-refractivity contribution < 1.29 is 0 Å². The van der Waals surface area contributed by atoms with Crippen molar-refractivity contribution in [2.75, 3.05) is 6.54 Å². The number of rotatable bonds is 5. The van der Waals surface area contributed by atoms with Crippen LogP contribution in [0.15, 0.2) is 23.5 Å². The molecule has 3 nitrogen and oxygen atoms in total. The Morgan fingerprint density at radius 2 is 1.84 bits per heavy atom. The van der Waals surface area contributed by atoms with Gasteiger partial charge in [-0.05, 0) is 58.4 Å². The summed E-state index contributed by atoms with van der Waals surface area (Å²) in [4.78, 5) is 2.41. The van der Waals surface area contributed by atoms with E-state index in [1.807, 2.05) is 0 Å². The van der Waals surface area contributed by atoms with E-state index >= 15 is 0 Å². The average molecular weight is 265 g/mol. The van der Waals surface area contributed by atoms with Crippen LogP contribution < -0.4 is 11.5 Å². The summed E-state index contributed by atoms with van der Waals surface area (Å²) in [6, 6.07) is 0.564. The van der Waals surface area contributed by atoms with Crippen LogP contribution in [-0.4, -0.2) is 23.0 Å². The van der Waals surface area contributed by atoms with Crippen LogP contribution in [-0.2, 0) is 0 Å². The van der Waals surface area contributed by atoms with Gasteiger partial charge in [-0.15, -0.1) is 0 Å². The Morgan fingerprint density at radius 1 is 1.32 bits per heavy atom. The van der Waals surface area contributed by atoms with Gasteiger partial charge in [-0.2, -0.15) is 0 Å². The normalized spacial score (nSPS) is 28.8. The number of nitrogens with zero attached hydrogens (tertiary/aromatic N) is 1. The zero-order chi connectivity index (χ0) is 14.6. The van der Waals surface area contributed by atoms with Gasteiger partial charge in [0.05, 0.1) is 0 Å². The van der Waals surface area contributed by atoms with Crippen molar-refractivity contribution in [2.45, 2.75) is 71.4 Å². The first-order valence-corrected chi connectivity index (χ1v) is 7.52. The molecular formula is C16H31N3. The molecule has 1 aliphatic carbocycles. The number of hydrogen-bond acceptors (Lipinski definition) is 3. The zero-order valence-corrected chi connectivity index (χ0v) is 13.1. The topological polar surface area (TPSA) is 55.3 Å². The Hall–Kier alpha value is -0.960. The molecule has 0 aliphatic heterocycles. The summed E-state index contributed by atoms with van der Waals surface area (Å²) in [6.07, 6.45) is 5.37. The molecule has 0 heterocycles. The molecule has 0 amide bonds. The molecule has 110 valence electrons. The minimum atomic E-state index is 0.0184. The summed E-state index contributed by atoms with van der Waals surface area (Å²) in [7, 11) is 0. The maximum Gasteiger partial charge on any atom is 0.0342 e. The molecule has 0 aromatic heterocycles. The molecule has 0 saturated heterocycles. The molecule has 0 unspecified atom stereocenters. The van der Waals surface area contributed by atoms with Crippen LogP contribution >= 0.6 is 0 Å².